The highest BCUT2D eigenvalue weighted by molar-refractivity contribution is 5.79. The molecule has 0 aromatic carbocycles. The van der Waals surface area contributed by atoms with Gasteiger partial charge in [0, 0.05) is 37.3 Å². The van der Waals surface area contributed by atoms with Crippen molar-refractivity contribution in [3.05, 3.63) is 18.3 Å². The van der Waals surface area contributed by atoms with E-state index in [2.05, 4.69) is 15.5 Å². The number of nitrogens with one attached hydrogen (secondary N) is 1. The molecule has 21 heavy (non-hydrogen) atoms. The van der Waals surface area contributed by atoms with E-state index in [9.17, 15) is 4.79 Å². The standard InChI is InChI=1S/C15H23N5O/c16-12-4-3-11(10-12)15(21)20-8-5-13(6-9-20)18-14-2-1-7-17-19-14/h1-2,7,11-13H,3-6,8-10,16H2,(H,18,19). The Balaban J connectivity index is 1.47. The molecule has 0 spiro atoms. The molecule has 2 aliphatic rings. The van der Waals surface area contributed by atoms with Crippen LogP contribution in [0.4, 0.5) is 5.82 Å². The number of carbonyl (C=O) groups is 1. The second kappa shape index (κ2) is 6.39. The predicted octanol–water partition coefficient (Wildman–Crippen LogP) is 1.01. The van der Waals surface area contributed by atoms with Gasteiger partial charge in [0.2, 0.25) is 5.91 Å². The Morgan fingerprint density at radius 3 is 2.71 bits per heavy atom. The first-order valence-corrected chi connectivity index (χ1v) is 7.81. The number of anilines is 1. The lowest BCUT2D eigenvalue weighted by atomic mass is 10.0. The van der Waals surface area contributed by atoms with Crippen molar-refractivity contribution in [3.8, 4) is 0 Å². The first-order chi connectivity index (χ1) is 10.2. The molecule has 1 saturated heterocycles. The van der Waals surface area contributed by atoms with E-state index in [0.717, 1.165) is 51.0 Å². The molecule has 114 valence electrons. The molecule has 1 aromatic heterocycles. The summed E-state index contributed by atoms with van der Waals surface area (Å²) in [7, 11) is 0. The van der Waals surface area contributed by atoms with E-state index in [1.54, 1.807) is 6.20 Å². The lowest BCUT2D eigenvalue weighted by molar-refractivity contribution is -0.136. The number of nitrogens with zero attached hydrogens (tertiary/aromatic N) is 3. The van der Waals surface area contributed by atoms with Crippen LogP contribution in [0.1, 0.15) is 32.1 Å². The van der Waals surface area contributed by atoms with Crippen LogP contribution in [0, 0.1) is 5.92 Å². The summed E-state index contributed by atoms with van der Waals surface area (Å²) in [5, 5.41) is 11.3. The Kier molecular flexibility index (Phi) is 4.34. The van der Waals surface area contributed by atoms with Crippen LogP contribution in [0.3, 0.4) is 0 Å². The first-order valence-electron chi connectivity index (χ1n) is 7.81. The molecule has 1 saturated carbocycles. The Hall–Kier alpha value is -1.69. The fraction of sp³-hybridized carbons (Fsp3) is 0.667. The van der Waals surface area contributed by atoms with Crippen LogP contribution in [0.15, 0.2) is 18.3 Å². The highest BCUT2D eigenvalue weighted by Crippen LogP contribution is 2.27. The monoisotopic (exact) mass is 289 g/mol. The molecule has 0 bridgehead atoms. The van der Waals surface area contributed by atoms with Crippen molar-refractivity contribution >= 4 is 11.7 Å². The smallest absolute Gasteiger partial charge is 0.225 e. The molecule has 6 heteroatoms. The third-order valence-corrected chi connectivity index (χ3v) is 4.55. The topological polar surface area (TPSA) is 84.1 Å². The van der Waals surface area contributed by atoms with Gasteiger partial charge in [-0.05, 0) is 44.2 Å². The van der Waals surface area contributed by atoms with Gasteiger partial charge in [0.05, 0.1) is 0 Å². The Labute approximate surface area is 125 Å². The zero-order chi connectivity index (χ0) is 14.7. The van der Waals surface area contributed by atoms with Gasteiger partial charge in [-0.3, -0.25) is 4.79 Å². The van der Waals surface area contributed by atoms with Crippen molar-refractivity contribution in [2.75, 3.05) is 18.4 Å². The molecule has 1 aromatic rings. The van der Waals surface area contributed by atoms with E-state index in [1.165, 1.54) is 0 Å². The number of amides is 1. The van der Waals surface area contributed by atoms with Gasteiger partial charge in [0.1, 0.15) is 5.82 Å². The van der Waals surface area contributed by atoms with Crippen LogP contribution in [0.25, 0.3) is 0 Å². The van der Waals surface area contributed by atoms with Gasteiger partial charge < -0.3 is 16.0 Å². The van der Waals surface area contributed by atoms with Gasteiger partial charge >= 0.3 is 0 Å². The summed E-state index contributed by atoms with van der Waals surface area (Å²) in [5.41, 5.74) is 5.91. The molecular weight excluding hydrogens is 266 g/mol. The largest absolute Gasteiger partial charge is 0.366 e. The molecule has 3 rings (SSSR count). The fourth-order valence-electron chi connectivity index (χ4n) is 3.33. The van der Waals surface area contributed by atoms with Gasteiger partial charge in [-0.1, -0.05) is 0 Å². The first kappa shape index (κ1) is 14.3. The average molecular weight is 289 g/mol. The van der Waals surface area contributed by atoms with E-state index < -0.39 is 0 Å². The third-order valence-electron chi connectivity index (χ3n) is 4.55. The lowest BCUT2D eigenvalue weighted by Gasteiger charge is -2.34. The Bertz CT molecular complexity index is 472. The number of likely N-dealkylation sites (tertiary alicyclic amines) is 1. The summed E-state index contributed by atoms with van der Waals surface area (Å²) in [6, 6.07) is 4.38. The molecule has 2 heterocycles. The van der Waals surface area contributed by atoms with Crippen molar-refractivity contribution < 1.29 is 4.79 Å². The minimum atomic E-state index is 0.157. The molecule has 1 aliphatic carbocycles. The minimum Gasteiger partial charge on any atom is -0.366 e. The van der Waals surface area contributed by atoms with Gasteiger partial charge in [0.15, 0.2) is 0 Å². The van der Waals surface area contributed by atoms with Crippen molar-refractivity contribution in [1.82, 2.24) is 15.1 Å². The maximum Gasteiger partial charge on any atom is 0.225 e. The molecule has 2 atom stereocenters. The molecular formula is C15H23N5O. The maximum absolute atomic E-state index is 12.4. The number of aromatic nitrogens is 2. The second-order valence-corrected chi connectivity index (χ2v) is 6.12. The summed E-state index contributed by atoms with van der Waals surface area (Å²) in [4.78, 5) is 14.4. The highest BCUT2D eigenvalue weighted by atomic mass is 16.2. The van der Waals surface area contributed by atoms with Crippen molar-refractivity contribution in [3.63, 3.8) is 0 Å². The van der Waals surface area contributed by atoms with Crippen LogP contribution in [0.5, 0.6) is 0 Å². The lowest BCUT2D eigenvalue weighted by Crippen LogP contribution is -2.44. The van der Waals surface area contributed by atoms with E-state index in [-0.39, 0.29) is 12.0 Å². The van der Waals surface area contributed by atoms with Gasteiger partial charge in [-0.15, -0.1) is 5.10 Å². The summed E-state index contributed by atoms with van der Waals surface area (Å²) >= 11 is 0. The maximum atomic E-state index is 12.4. The number of carbonyl (C=O) groups excluding carboxylic acids is 1. The Morgan fingerprint density at radius 2 is 2.10 bits per heavy atom. The van der Waals surface area contributed by atoms with Crippen molar-refractivity contribution in [2.24, 2.45) is 11.7 Å². The molecule has 6 nitrogen and oxygen atoms in total. The molecule has 0 radical (unpaired) electrons. The van der Waals surface area contributed by atoms with E-state index >= 15 is 0 Å². The Morgan fingerprint density at radius 1 is 1.29 bits per heavy atom. The molecule has 2 unspecified atom stereocenters. The summed E-state index contributed by atoms with van der Waals surface area (Å²) in [6.45, 7) is 1.64. The number of piperidine rings is 1. The number of rotatable bonds is 3. The number of nitrogens with two attached hydrogens (primary N) is 1. The van der Waals surface area contributed by atoms with Gasteiger partial charge in [0.25, 0.3) is 0 Å². The van der Waals surface area contributed by atoms with E-state index in [1.807, 2.05) is 17.0 Å². The van der Waals surface area contributed by atoms with Crippen LogP contribution in [-0.4, -0.2) is 46.2 Å². The SMILES string of the molecule is NC1CCC(C(=O)N2CCC(Nc3cccnn3)CC2)C1. The fourth-order valence-corrected chi connectivity index (χ4v) is 3.33. The zero-order valence-corrected chi connectivity index (χ0v) is 12.2. The minimum absolute atomic E-state index is 0.157. The van der Waals surface area contributed by atoms with Gasteiger partial charge in [-0.25, -0.2) is 0 Å². The van der Waals surface area contributed by atoms with E-state index in [4.69, 9.17) is 5.73 Å². The summed E-state index contributed by atoms with van der Waals surface area (Å²) in [5.74, 6) is 1.27. The van der Waals surface area contributed by atoms with Crippen molar-refractivity contribution in [1.29, 1.82) is 0 Å². The molecule has 1 amide bonds. The predicted molar refractivity (Wildman–Crippen MR) is 80.6 cm³/mol. The highest BCUT2D eigenvalue weighted by Gasteiger charge is 2.32. The van der Waals surface area contributed by atoms with Gasteiger partial charge in [-0.2, -0.15) is 5.10 Å². The number of hydrogen-bond donors (Lipinski definition) is 2. The summed E-state index contributed by atoms with van der Waals surface area (Å²) < 4.78 is 0. The normalized spacial score (nSPS) is 26.8. The van der Waals surface area contributed by atoms with Crippen LogP contribution < -0.4 is 11.1 Å². The van der Waals surface area contributed by atoms with Crippen LogP contribution >= 0.6 is 0 Å². The molecule has 2 fully saturated rings. The zero-order valence-electron chi connectivity index (χ0n) is 12.2. The second-order valence-electron chi connectivity index (χ2n) is 6.12. The van der Waals surface area contributed by atoms with Crippen LogP contribution in [0.2, 0.25) is 0 Å². The molecule has 1 aliphatic heterocycles. The average Bonchev–Trinajstić information content (AvgIpc) is 2.95. The van der Waals surface area contributed by atoms with Crippen molar-refractivity contribution in [2.45, 2.75) is 44.2 Å². The molecule has 3 N–H and O–H groups in total. The summed E-state index contributed by atoms with van der Waals surface area (Å²) in [6.07, 6.45) is 6.39. The quantitative estimate of drug-likeness (QED) is 0.867. The third kappa shape index (κ3) is 3.50. The van der Waals surface area contributed by atoms with Crippen LogP contribution in [-0.2, 0) is 4.79 Å². The number of hydrogen-bond acceptors (Lipinski definition) is 5. The van der Waals surface area contributed by atoms with E-state index in [0.29, 0.717) is 11.9 Å².